The summed E-state index contributed by atoms with van der Waals surface area (Å²) in [5, 5.41) is 6.59. The van der Waals surface area contributed by atoms with Crippen LogP contribution in [0.4, 0.5) is 11.4 Å². The number of benzene rings is 2. The molecule has 0 fully saturated rings. The second-order valence-corrected chi connectivity index (χ2v) is 10.3. The normalized spacial score (nSPS) is 12.9. The van der Waals surface area contributed by atoms with E-state index in [4.69, 9.17) is 9.98 Å². The van der Waals surface area contributed by atoms with Gasteiger partial charge < -0.3 is 10.6 Å². The van der Waals surface area contributed by atoms with Gasteiger partial charge in [0.1, 0.15) is 0 Å². The van der Waals surface area contributed by atoms with E-state index >= 15 is 0 Å². The van der Waals surface area contributed by atoms with E-state index < -0.39 is 0 Å². The van der Waals surface area contributed by atoms with Gasteiger partial charge in [0, 0.05) is 36.3 Å². The molecule has 174 valence electrons. The van der Waals surface area contributed by atoms with Gasteiger partial charge >= 0.3 is 0 Å². The Hall–Kier alpha value is -2.30. The van der Waals surface area contributed by atoms with Crippen LogP contribution in [0.25, 0.3) is 0 Å². The molecule has 0 heterocycles. The first-order chi connectivity index (χ1) is 14.9. The molecule has 0 spiro atoms. The van der Waals surface area contributed by atoms with Crippen LogP contribution in [-0.4, -0.2) is 39.6 Å². The van der Waals surface area contributed by atoms with E-state index in [0.717, 1.165) is 24.5 Å². The third-order valence-electron chi connectivity index (χ3n) is 6.26. The highest BCUT2D eigenvalue weighted by Crippen LogP contribution is 2.32. The van der Waals surface area contributed by atoms with Crippen molar-refractivity contribution in [3.05, 3.63) is 57.6 Å². The van der Waals surface area contributed by atoms with Gasteiger partial charge in [-0.15, -0.1) is 0 Å². The van der Waals surface area contributed by atoms with Gasteiger partial charge in [-0.3, -0.25) is 9.98 Å². The minimum Gasteiger partial charge on any atom is -0.319 e. The summed E-state index contributed by atoms with van der Waals surface area (Å²) < 4.78 is 0. The third-order valence-corrected chi connectivity index (χ3v) is 6.26. The molecule has 32 heavy (non-hydrogen) atoms. The van der Waals surface area contributed by atoms with Crippen LogP contribution < -0.4 is 10.6 Å². The molecule has 0 aliphatic rings. The van der Waals surface area contributed by atoms with Crippen molar-refractivity contribution in [1.29, 1.82) is 0 Å². The molecule has 0 unspecified atom stereocenters. The first-order valence-electron chi connectivity index (χ1n) is 11.5. The lowest BCUT2D eigenvalue weighted by Gasteiger charge is -2.26. The topological polar surface area (TPSA) is 48.8 Å². The van der Waals surface area contributed by atoms with Gasteiger partial charge in [0.25, 0.3) is 0 Å². The van der Waals surface area contributed by atoms with E-state index in [2.05, 4.69) is 90.3 Å². The number of aryl methyl sites for hydroxylation is 4. The molecule has 4 heteroatoms. The van der Waals surface area contributed by atoms with Crippen LogP contribution in [-0.2, 0) is 10.8 Å². The minimum absolute atomic E-state index is 0.0803. The molecule has 2 N–H and O–H groups in total. The summed E-state index contributed by atoms with van der Waals surface area (Å²) >= 11 is 0. The lowest BCUT2D eigenvalue weighted by atomic mass is 9.82. The molecule has 2 rings (SSSR count). The van der Waals surface area contributed by atoms with Crippen LogP contribution in [0.15, 0.2) is 34.3 Å². The van der Waals surface area contributed by atoms with Gasteiger partial charge in [0.15, 0.2) is 0 Å². The van der Waals surface area contributed by atoms with E-state index in [1.54, 1.807) is 0 Å². The van der Waals surface area contributed by atoms with Gasteiger partial charge in [0.2, 0.25) is 0 Å². The number of nitrogens with one attached hydrogen (secondary N) is 2. The smallest absolute Gasteiger partial charge is 0.0688 e. The first-order valence-corrected chi connectivity index (χ1v) is 11.5. The Bertz CT molecular complexity index is 869. The molecule has 2 aromatic carbocycles. The summed E-state index contributed by atoms with van der Waals surface area (Å²) in [7, 11) is 4.00. The number of nitrogens with zero attached hydrogens (tertiary/aromatic N) is 2. The van der Waals surface area contributed by atoms with E-state index in [9.17, 15) is 0 Å². The zero-order chi connectivity index (χ0) is 24.1. The molecule has 0 bridgehead atoms. The molecule has 0 aliphatic heterocycles. The van der Waals surface area contributed by atoms with Crippen molar-refractivity contribution < 1.29 is 0 Å². The largest absolute Gasteiger partial charge is 0.319 e. The maximum Gasteiger partial charge on any atom is 0.0688 e. The van der Waals surface area contributed by atoms with Gasteiger partial charge in [-0.1, -0.05) is 52.0 Å². The fourth-order valence-corrected chi connectivity index (χ4v) is 4.40. The highest BCUT2D eigenvalue weighted by Gasteiger charge is 2.22. The summed E-state index contributed by atoms with van der Waals surface area (Å²) in [4.78, 5) is 9.46. The standard InChI is InChI=1S/C28H42N4/c1-19-13-23(27(5,6)17-29-9)14-20(2)25(19)31-11-12-32-26-21(3)15-24(16-22(26)4)28(7,8)18-30-10/h11-16,29-30H,17-18H2,1-10H3/b31-11+,32-12+. The predicted molar refractivity (Wildman–Crippen MR) is 142 cm³/mol. The molecule has 0 aromatic heterocycles. The fourth-order valence-electron chi connectivity index (χ4n) is 4.40. The number of likely N-dealkylation sites (N-methyl/N-ethyl adjacent to an activating group) is 2. The van der Waals surface area contributed by atoms with Crippen LogP contribution >= 0.6 is 0 Å². The van der Waals surface area contributed by atoms with E-state index in [1.165, 1.54) is 33.4 Å². The predicted octanol–water partition coefficient (Wildman–Crippen LogP) is 6.02. The molecule has 0 saturated heterocycles. The SMILES string of the molecule is CNCC(C)(C)c1cc(C)c(/N=C/C=N/c2c(C)cc(C(C)(C)CNC)cc2C)c(C)c1. The molecule has 4 nitrogen and oxygen atoms in total. The van der Waals surface area contributed by atoms with Gasteiger partial charge in [-0.2, -0.15) is 0 Å². The maximum atomic E-state index is 4.73. The summed E-state index contributed by atoms with van der Waals surface area (Å²) in [5.74, 6) is 0. The van der Waals surface area contributed by atoms with Crippen molar-refractivity contribution in [1.82, 2.24) is 10.6 Å². The number of hydrogen-bond donors (Lipinski definition) is 2. The number of rotatable bonds is 9. The zero-order valence-electron chi connectivity index (χ0n) is 21.8. The molecule has 0 radical (unpaired) electrons. The van der Waals surface area contributed by atoms with Crippen LogP contribution in [0.3, 0.4) is 0 Å². The Balaban J connectivity index is 2.26. The molecule has 0 amide bonds. The first kappa shape index (κ1) is 26.0. The Morgan fingerprint density at radius 1 is 0.625 bits per heavy atom. The Labute approximate surface area is 195 Å². The third kappa shape index (κ3) is 6.14. The fraction of sp³-hybridized carbons (Fsp3) is 0.500. The van der Waals surface area contributed by atoms with Crippen molar-refractivity contribution in [2.24, 2.45) is 9.98 Å². The molecule has 0 aliphatic carbocycles. The Morgan fingerprint density at radius 2 is 0.906 bits per heavy atom. The minimum atomic E-state index is 0.0803. The highest BCUT2D eigenvalue weighted by atomic mass is 14.8. The van der Waals surface area contributed by atoms with Gasteiger partial charge in [0.05, 0.1) is 11.4 Å². The summed E-state index contributed by atoms with van der Waals surface area (Å²) in [6, 6.07) is 9.03. The second kappa shape index (κ2) is 10.5. The van der Waals surface area contributed by atoms with Crippen LogP contribution in [0.1, 0.15) is 61.1 Å². The van der Waals surface area contributed by atoms with E-state index in [1.807, 2.05) is 26.5 Å². The summed E-state index contributed by atoms with van der Waals surface area (Å²) in [5.41, 5.74) is 9.65. The average Bonchev–Trinajstić information content (AvgIpc) is 2.68. The van der Waals surface area contributed by atoms with Crippen LogP contribution in [0, 0.1) is 27.7 Å². The van der Waals surface area contributed by atoms with Crippen molar-refractivity contribution >= 4 is 23.8 Å². The summed E-state index contributed by atoms with van der Waals surface area (Å²) in [6.45, 7) is 19.5. The average molecular weight is 435 g/mol. The Kier molecular flexibility index (Phi) is 8.55. The molecule has 2 aromatic rings. The highest BCUT2D eigenvalue weighted by molar-refractivity contribution is 6.17. The van der Waals surface area contributed by atoms with Crippen LogP contribution in [0.5, 0.6) is 0 Å². The lowest BCUT2D eigenvalue weighted by molar-refractivity contribution is 0.493. The quantitative estimate of drug-likeness (QED) is 0.474. The van der Waals surface area contributed by atoms with Gasteiger partial charge in [-0.05, 0) is 75.2 Å². The number of hydrogen-bond acceptors (Lipinski definition) is 4. The molecule has 0 atom stereocenters. The van der Waals surface area contributed by atoms with Crippen molar-refractivity contribution in [3.8, 4) is 0 Å². The second-order valence-electron chi connectivity index (χ2n) is 10.3. The Morgan fingerprint density at radius 3 is 1.16 bits per heavy atom. The van der Waals surface area contributed by atoms with Crippen molar-refractivity contribution in [2.75, 3.05) is 27.2 Å². The van der Waals surface area contributed by atoms with Gasteiger partial charge in [-0.25, -0.2) is 0 Å². The van der Waals surface area contributed by atoms with Crippen molar-refractivity contribution in [2.45, 2.75) is 66.2 Å². The monoisotopic (exact) mass is 434 g/mol. The molecule has 0 saturated carbocycles. The lowest BCUT2D eigenvalue weighted by Crippen LogP contribution is -2.30. The maximum absolute atomic E-state index is 4.73. The van der Waals surface area contributed by atoms with Crippen LogP contribution in [0.2, 0.25) is 0 Å². The van der Waals surface area contributed by atoms with Crippen molar-refractivity contribution in [3.63, 3.8) is 0 Å². The van der Waals surface area contributed by atoms with E-state index in [-0.39, 0.29) is 10.8 Å². The number of aliphatic imine (C=N–C) groups is 2. The van der Waals surface area contributed by atoms with E-state index in [0.29, 0.717) is 0 Å². The summed E-state index contributed by atoms with van der Waals surface area (Å²) in [6.07, 6.45) is 3.62. The molecular formula is C28H42N4. The zero-order valence-corrected chi connectivity index (χ0v) is 21.8. The molecular weight excluding hydrogens is 392 g/mol.